The highest BCUT2D eigenvalue weighted by molar-refractivity contribution is 5.75. The van der Waals surface area contributed by atoms with Crippen LogP contribution in [0.4, 0.5) is 13.2 Å². The maximum Gasteiger partial charge on any atom is 0.416 e. The molecule has 0 unspecified atom stereocenters. The maximum absolute atomic E-state index is 12.7. The van der Waals surface area contributed by atoms with Gasteiger partial charge >= 0.3 is 6.18 Å². The highest BCUT2D eigenvalue weighted by Gasteiger charge is 2.34. The Morgan fingerprint density at radius 2 is 2.06 bits per heavy atom. The number of allylic oxidation sites excluding steroid dienone is 5. The third-order valence-corrected chi connectivity index (χ3v) is 2.23. The van der Waals surface area contributed by atoms with E-state index in [2.05, 4.69) is 6.58 Å². The lowest BCUT2D eigenvalue weighted by atomic mass is 10.0. The van der Waals surface area contributed by atoms with E-state index in [1.54, 1.807) is 19.1 Å². The van der Waals surface area contributed by atoms with Gasteiger partial charge in [-0.15, -0.1) is 0 Å². The Morgan fingerprint density at radius 3 is 2.41 bits per heavy atom. The molecule has 92 valence electrons. The molecule has 0 amide bonds. The van der Waals surface area contributed by atoms with Crippen LogP contribution in [0, 0.1) is 0 Å². The van der Waals surface area contributed by atoms with Gasteiger partial charge < -0.3 is 4.42 Å². The molecule has 1 heterocycles. The zero-order chi connectivity index (χ0) is 13.1. The van der Waals surface area contributed by atoms with Crippen LogP contribution in [0.15, 0.2) is 52.9 Å². The fourth-order valence-corrected chi connectivity index (χ4v) is 1.36. The zero-order valence-corrected chi connectivity index (χ0v) is 9.64. The van der Waals surface area contributed by atoms with E-state index < -0.39 is 11.7 Å². The Balaban J connectivity index is 3.19. The largest absolute Gasteiger partial charge is 0.472 e. The number of halogens is 3. The summed E-state index contributed by atoms with van der Waals surface area (Å²) in [7, 11) is 0. The van der Waals surface area contributed by atoms with Crippen LogP contribution in [-0.2, 0) is 0 Å². The summed E-state index contributed by atoms with van der Waals surface area (Å²) in [5.74, 6) is 0. The van der Waals surface area contributed by atoms with Gasteiger partial charge in [0.1, 0.15) is 0 Å². The monoisotopic (exact) mass is 242 g/mol. The average molecular weight is 242 g/mol. The predicted molar refractivity (Wildman–Crippen MR) is 61.3 cm³/mol. The second-order valence-corrected chi connectivity index (χ2v) is 3.59. The van der Waals surface area contributed by atoms with Crippen molar-refractivity contribution in [2.75, 3.05) is 0 Å². The Hall–Kier alpha value is -1.71. The van der Waals surface area contributed by atoms with Gasteiger partial charge in [-0.1, -0.05) is 12.7 Å². The van der Waals surface area contributed by atoms with Gasteiger partial charge in [-0.2, -0.15) is 13.2 Å². The lowest BCUT2D eigenvalue weighted by Gasteiger charge is -2.12. The van der Waals surface area contributed by atoms with Gasteiger partial charge in [0.25, 0.3) is 0 Å². The molecule has 0 bridgehead atoms. The van der Waals surface area contributed by atoms with Crippen molar-refractivity contribution in [1.29, 1.82) is 0 Å². The fourth-order valence-electron chi connectivity index (χ4n) is 1.36. The van der Waals surface area contributed by atoms with Gasteiger partial charge in [-0.05, 0) is 37.1 Å². The quantitative estimate of drug-likeness (QED) is 0.697. The lowest BCUT2D eigenvalue weighted by Crippen LogP contribution is -2.12. The van der Waals surface area contributed by atoms with Gasteiger partial charge in [0.15, 0.2) is 0 Å². The van der Waals surface area contributed by atoms with Crippen molar-refractivity contribution in [1.82, 2.24) is 0 Å². The molecule has 0 fully saturated rings. The standard InChI is InChI=1S/C13H13F3O/c1-4-10(11-5-6-17-8-11)7-12(9(2)3)13(14,15)16/h4-8H,2H2,1,3H3/b10-4?,12-7+. The van der Waals surface area contributed by atoms with Crippen molar-refractivity contribution in [2.45, 2.75) is 20.0 Å². The van der Waals surface area contributed by atoms with Crippen LogP contribution < -0.4 is 0 Å². The van der Waals surface area contributed by atoms with E-state index in [-0.39, 0.29) is 5.57 Å². The summed E-state index contributed by atoms with van der Waals surface area (Å²) in [6.07, 6.45) is 1.09. The number of rotatable bonds is 3. The first kappa shape index (κ1) is 13.4. The molecule has 0 saturated heterocycles. The second-order valence-electron chi connectivity index (χ2n) is 3.59. The molecule has 0 saturated carbocycles. The van der Waals surface area contributed by atoms with E-state index in [4.69, 9.17) is 4.42 Å². The van der Waals surface area contributed by atoms with Crippen molar-refractivity contribution in [3.8, 4) is 0 Å². The summed E-state index contributed by atoms with van der Waals surface area (Å²) in [5, 5.41) is 0. The van der Waals surface area contributed by atoms with Gasteiger partial charge in [0, 0.05) is 5.56 Å². The number of alkyl halides is 3. The molecule has 0 atom stereocenters. The van der Waals surface area contributed by atoms with E-state index >= 15 is 0 Å². The van der Waals surface area contributed by atoms with Crippen molar-refractivity contribution in [2.24, 2.45) is 0 Å². The first-order valence-electron chi connectivity index (χ1n) is 5.00. The molecule has 1 aromatic heterocycles. The number of hydrogen-bond acceptors (Lipinski definition) is 1. The highest BCUT2D eigenvalue weighted by Crippen LogP contribution is 2.33. The zero-order valence-electron chi connectivity index (χ0n) is 9.64. The molecule has 1 aromatic rings. The van der Waals surface area contributed by atoms with Gasteiger partial charge in [-0.25, -0.2) is 0 Å². The molecule has 0 spiro atoms. The molecular weight excluding hydrogens is 229 g/mol. The average Bonchev–Trinajstić information content (AvgIpc) is 2.69. The molecule has 0 radical (unpaired) electrons. The SMILES string of the molecule is C=C(C)/C(=C\C(=CC)c1ccoc1)C(F)(F)F. The van der Waals surface area contributed by atoms with Crippen LogP contribution in [0.2, 0.25) is 0 Å². The first-order valence-corrected chi connectivity index (χ1v) is 5.00. The Labute approximate surface area is 97.9 Å². The molecule has 0 aromatic carbocycles. The molecular formula is C13H13F3O. The van der Waals surface area contributed by atoms with Crippen molar-refractivity contribution in [3.63, 3.8) is 0 Å². The first-order chi connectivity index (χ1) is 7.86. The highest BCUT2D eigenvalue weighted by atomic mass is 19.4. The fraction of sp³-hybridized carbons (Fsp3) is 0.231. The van der Waals surface area contributed by atoms with Crippen molar-refractivity contribution >= 4 is 5.57 Å². The molecule has 17 heavy (non-hydrogen) atoms. The minimum Gasteiger partial charge on any atom is -0.472 e. The Bertz CT molecular complexity index is 448. The van der Waals surface area contributed by atoms with Crippen molar-refractivity contribution < 1.29 is 17.6 Å². The summed E-state index contributed by atoms with van der Waals surface area (Å²) in [4.78, 5) is 0. The molecule has 0 aliphatic rings. The predicted octanol–water partition coefficient (Wildman–Crippen LogP) is 4.75. The molecule has 1 rings (SSSR count). The summed E-state index contributed by atoms with van der Waals surface area (Å²) >= 11 is 0. The van der Waals surface area contributed by atoms with Crippen LogP contribution >= 0.6 is 0 Å². The Morgan fingerprint density at radius 1 is 1.41 bits per heavy atom. The molecule has 4 heteroatoms. The van der Waals surface area contributed by atoms with Crippen LogP contribution in [0.3, 0.4) is 0 Å². The topological polar surface area (TPSA) is 13.1 Å². The van der Waals surface area contributed by atoms with E-state index in [1.807, 2.05) is 0 Å². The lowest BCUT2D eigenvalue weighted by molar-refractivity contribution is -0.0891. The summed E-state index contributed by atoms with van der Waals surface area (Å²) in [6, 6.07) is 1.61. The van der Waals surface area contributed by atoms with Crippen LogP contribution in [0.25, 0.3) is 5.57 Å². The Kier molecular flexibility index (Phi) is 3.99. The van der Waals surface area contributed by atoms with Crippen molar-refractivity contribution in [3.05, 3.63) is 54.0 Å². The third kappa shape index (κ3) is 3.37. The number of hydrogen-bond donors (Lipinski definition) is 0. The van der Waals surface area contributed by atoms with E-state index in [1.165, 1.54) is 19.5 Å². The molecule has 0 aliphatic carbocycles. The maximum atomic E-state index is 12.7. The third-order valence-electron chi connectivity index (χ3n) is 2.23. The molecule has 0 aliphatic heterocycles. The normalized spacial score (nSPS) is 13.9. The van der Waals surface area contributed by atoms with Gasteiger partial charge in [-0.3, -0.25) is 0 Å². The van der Waals surface area contributed by atoms with Crippen LogP contribution in [-0.4, -0.2) is 6.18 Å². The number of furan rings is 1. The molecule has 0 N–H and O–H groups in total. The van der Waals surface area contributed by atoms with E-state index in [9.17, 15) is 13.2 Å². The van der Waals surface area contributed by atoms with Crippen LogP contribution in [0.5, 0.6) is 0 Å². The van der Waals surface area contributed by atoms with E-state index in [0.717, 1.165) is 6.08 Å². The summed E-state index contributed by atoms with van der Waals surface area (Å²) < 4.78 is 43.0. The smallest absolute Gasteiger partial charge is 0.416 e. The van der Waals surface area contributed by atoms with Gasteiger partial charge in [0.05, 0.1) is 18.1 Å². The van der Waals surface area contributed by atoms with Crippen LogP contribution in [0.1, 0.15) is 19.4 Å². The van der Waals surface area contributed by atoms with E-state index in [0.29, 0.717) is 11.1 Å². The second kappa shape index (κ2) is 5.08. The minimum atomic E-state index is -4.40. The molecule has 1 nitrogen and oxygen atoms in total. The minimum absolute atomic E-state index is 0.0136. The van der Waals surface area contributed by atoms with Gasteiger partial charge in [0.2, 0.25) is 0 Å². The summed E-state index contributed by atoms with van der Waals surface area (Å²) in [6.45, 7) is 6.36. The summed E-state index contributed by atoms with van der Waals surface area (Å²) in [5.41, 5.74) is 0.316.